The number of ether oxygens (including phenoxy) is 1. The Kier molecular flexibility index (Phi) is 4.29. The number of rotatable bonds is 5. The molecule has 0 fully saturated rings. The summed E-state index contributed by atoms with van der Waals surface area (Å²) in [5, 5.41) is 0.792. The summed E-state index contributed by atoms with van der Waals surface area (Å²) in [4.78, 5) is 43.9. The Labute approximate surface area is 142 Å². The summed E-state index contributed by atoms with van der Waals surface area (Å²) in [5.41, 5.74) is 3.13. The molecule has 9 heteroatoms. The van der Waals surface area contributed by atoms with Gasteiger partial charge in [-0.25, -0.2) is 14.8 Å². The predicted molar refractivity (Wildman–Crippen MR) is 84.9 cm³/mol. The molecule has 0 spiro atoms. The average Bonchev–Trinajstić information content (AvgIpc) is 3.20. The molecule has 0 radical (unpaired) electrons. The molecule has 25 heavy (non-hydrogen) atoms. The first-order valence-electron chi connectivity index (χ1n) is 7.42. The maximum atomic E-state index is 12.1. The maximum Gasteiger partial charge on any atom is 0.342 e. The van der Waals surface area contributed by atoms with Gasteiger partial charge in [-0.1, -0.05) is 0 Å². The average molecular weight is 342 g/mol. The van der Waals surface area contributed by atoms with Gasteiger partial charge in [0.05, 0.1) is 12.9 Å². The minimum Gasteiger partial charge on any atom is -0.463 e. The summed E-state index contributed by atoms with van der Waals surface area (Å²) in [7, 11) is 0. The normalized spacial score (nSPS) is 13.8. The highest BCUT2D eigenvalue weighted by molar-refractivity contribution is 6.16. The van der Waals surface area contributed by atoms with Crippen molar-refractivity contribution in [3.05, 3.63) is 41.8 Å². The molecule has 2 amide bonds. The lowest BCUT2D eigenvalue weighted by molar-refractivity contribution is -0.135. The number of hydrogen-bond donors (Lipinski definition) is 1. The second-order valence-corrected chi connectivity index (χ2v) is 5.07. The quantitative estimate of drug-likeness (QED) is 0.643. The number of nitrogens with one attached hydrogen (secondary N) is 1. The number of amides is 2. The van der Waals surface area contributed by atoms with Crippen LogP contribution in [0.15, 0.2) is 40.7 Å². The Balaban J connectivity index is 1.95. The summed E-state index contributed by atoms with van der Waals surface area (Å²) in [6, 6.07) is 3.26. The second kappa shape index (κ2) is 6.56. The lowest BCUT2D eigenvalue weighted by Crippen LogP contribution is -2.37. The fraction of sp³-hybridized carbons (Fsp3) is 0.188. The van der Waals surface area contributed by atoms with Crippen LogP contribution in [0.4, 0.5) is 5.95 Å². The number of furan rings is 1. The lowest BCUT2D eigenvalue weighted by atomic mass is 10.2. The van der Waals surface area contributed by atoms with Gasteiger partial charge in [0, 0.05) is 17.8 Å². The van der Waals surface area contributed by atoms with Crippen LogP contribution in [-0.4, -0.2) is 39.4 Å². The van der Waals surface area contributed by atoms with E-state index in [2.05, 4.69) is 15.4 Å². The van der Waals surface area contributed by atoms with Crippen LogP contribution in [0.25, 0.3) is 11.5 Å². The fourth-order valence-electron chi connectivity index (χ4n) is 2.19. The molecule has 2 aromatic heterocycles. The van der Waals surface area contributed by atoms with Crippen LogP contribution in [0.5, 0.6) is 0 Å². The van der Waals surface area contributed by atoms with E-state index < -0.39 is 17.8 Å². The number of nitrogens with zero attached hydrogens (tertiary/aromatic N) is 3. The molecule has 0 atom stereocenters. The van der Waals surface area contributed by atoms with Crippen molar-refractivity contribution in [1.82, 2.24) is 15.0 Å². The molecule has 128 valence electrons. The number of esters is 1. The number of aromatic nitrogens is 2. The summed E-state index contributed by atoms with van der Waals surface area (Å²) < 4.78 is 10.3. The molecular formula is C16H14N4O5. The molecule has 0 unspecified atom stereocenters. The standard InChI is InChI=1S/C16H14N4O5/c1-3-24-15(23)10-8-17-16(18-13(10)11-5-4-6-25-11)19-20-12(21)7-9(2)14(20)22/h4-8H,3H2,1-2H3,(H,17,18,19). The molecule has 1 aliphatic rings. The lowest BCUT2D eigenvalue weighted by Gasteiger charge is -2.16. The first-order chi connectivity index (χ1) is 12.0. The molecule has 0 saturated heterocycles. The number of imide groups is 1. The topological polar surface area (TPSA) is 115 Å². The summed E-state index contributed by atoms with van der Waals surface area (Å²) in [6.07, 6.45) is 3.88. The largest absolute Gasteiger partial charge is 0.463 e. The van der Waals surface area contributed by atoms with Gasteiger partial charge >= 0.3 is 5.97 Å². The molecule has 9 nitrogen and oxygen atoms in total. The van der Waals surface area contributed by atoms with Gasteiger partial charge in [-0.2, -0.15) is 5.01 Å². The van der Waals surface area contributed by atoms with Crippen molar-refractivity contribution in [2.45, 2.75) is 13.8 Å². The van der Waals surface area contributed by atoms with Crippen molar-refractivity contribution < 1.29 is 23.5 Å². The van der Waals surface area contributed by atoms with Gasteiger partial charge < -0.3 is 9.15 Å². The molecule has 3 rings (SSSR count). The predicted octanol–water partition coefficient (Wildman–Crippen LogP) is 1.56. The molecular weight excluding hydrogens is 328 g/mol. The Hall–Kier alpha value is -3.49. The number of carbonyl (C=O) groups is 3. The van der Waals surface area contributed by atoms with E-state index in [1.54, 1.807) is 19.1 Å². The van der Waals surface area contributed by atoms with Crippen LogP contribution in [0.2, 0.25) is 0 Å². The van der Waals surface area contributed by atoms with Crippen molar-refractivity contribution in [1.29, 1.82) is 0 Å². The van der Waals surface area contributed by atoms with E-state index >= 15 is 0 Å². The number of hydrogen-bond acceptors (Lipinski definition) is 8. The third kappa shape index (κ3) is 3.11. The number of anilines is 1. The zero-order valence-corrected chi connectivity index (χ0v) is 13.5. The summed E-state index contributed by atoms with van der Waals surface area (Å²) >= 11 is 0. The Bertz CT molecular complexity index is 873. The van der Waals surface area contributed by atoms with E-state index in [0.29, 0.717) is 11.3 Å². The minimum absolute atomic E-state index is 0.0377. The fourth-order valence-corrected chi connectivity index (χ4v) is 2.19. The molecule has 0 bridgehead atoms. The smallest absolute Gasteiger partial charge is 0.342 e. The second-order valence-electron chi connectivity index (χ2n) is 5.07. The van der Waals surface area contributed by atoms with Crippen LogP contribution in [0.3, 0.4) is 0 Å². The van der Waals surface area contributed by atoms with Gasteiger partial charge in [-0.3, -0.25) is 15.0 Å². The van der Waals surface area contributed by atoms with Gasteiger partial charge in [0.15, 0.2) is 5.76 Å². The van der Waals surface area contributed by atoms with E-state index in [9.17, 15) is 14.4 Å². The Morgan fingerprint density at radius 2 is 2.20 bits per heavy atom. The van der Waals surface area contributed by atoms with Crippen molar-refractivity contribution in [3.63, 3.8) is 0 Å². The first-order valence-corrected chi connectivity index (χ1v) is 7.42. The monoisotopic (exact) mass is 342 g/mol. The maximum absolute atomic E-state index is 12.1. The van der Waals surface area contributed by atoms with E-state index in [1.807, 2.05) is 0 Å². The van der Waals surface area contributed by atoms with Crippen LogP contribution >= 0.6 is 0 Å². The molecule has 3 heterocycles. The SMILES string of the molecule is CCOC(=O)c1cnc(NN2C(=O)C=C(C)C2=O)nc1-c1ccco1. The zero-order chi connectivity index (χ0) is 18.0. The number of hydrazine groups is 1. The van der Waals surface area contributed by atoms with Crippen LogP contribution in [0, 0.1) is 0 Å². The highest BCUT2D eigenvalue weighted by atomic mass is 16.5. The first kappa shape index (κ1) is 16.4. The van der Waals surface area contributed by atoms with Gasteiger partial charge in [0.1, 0.15) is 11.3 Å². The van der Waals surface area contributed by atoms with E-state index in [4.69, 9.17) is 9.15 Å². The van der Waals surface area contributed by atoms with Gasteiger partial charge in [-0.05, 0) is 26.0 Å². The molecule has 1 aliphatic heterocycles. The highest BCUT2D eigenvalue weighted by Crippen LogP contribution is 2.24. The third-order valence-corrected chi connectivity index (χ3v) is 3.35. The van der Waals surface area contributed by atoms with Crippen molar-refractivity contribution >= 4 is 23.7 Å². The van der Waals surface area contributed by atoms with Crippen molar-refractivity contribution in [2.24, 2.45) is 0 Å². The van der Waals surface area contributed by atoms with Crippen LogP contribution in [-0.2, 0) is 14.3 Å². The molecule has 0 saturated carbocycles. The van der Waals surface area contributed by atoms with Crippen molar-refractivity contribution in [3.8, 4) is 11.5 Å². The summed E-state index contributed by atoms with van der Waals surface area (Å²) in [6.45, 7) is 3.40. The van der Waals surface area contributed by atoms with Gasteiger partial charge in [-0.15, -0.1) is 0 Å². The number of carbonyl (C=O) groups excluding carboxylic acids is 3. The van der Waals surface area contributed by atoms with Crippen LogP contribution < -0.4 is 5.43 Å². The van der Waals surface area contributed by atoms with Gasteiger partial charge in [0.2, 0.25) is 5.95 Å². The zero-order valence-electron chi connectivity index (χ0n) is 13.5. The molecule has 0 aromatic carbocycles. The molecule has 1 N–H and O–H groups in total. The van der Waals surface area contributed by atoms with Crippen LogP contribution in [0.1, 0.15) is 24.2 Å². The highest BCUT2D eigenvalue weighted by Gasteiger charge is 2.30. The van der Waals surface area contributed by atoms with E-state index in [-0.39, 0.29) is 23.8 Å². The Morgan fingerprint density at radius 3 is 2.80 bits per heavy atom. The molecule has 2 aromatic rings. The van der Waals surface area contributed by atoms with E-state index in [0.717, 1.165) is 5.01 Å². The van der Waals surface area contributed by atoms with Crippen molar-refractivity contribution in [2.75, 3.05) is 12.0 Å². The minimum atomic E-state index is -0.605. The summed E-state index contributed by atoms with van der Waals surface area (Å²) in [5.74, 6) is -1.35. The third-order valence-electron chi connectivity index (χ3n) is 3.35. The van der Waals surface area contributed by atoms with E-state index in [1.165, 1.54) is 25.5 Å². The Morgan fingerprint density at radius 1 is 1.40 bits per heavy atom. The van der Waals surface area contributed by atoms with Gasteiger partial charge in [0.25, 0.3) is 11.8 Å². The molecule has 0 aliphatic carbocycles.